The summed E-state index contributed by atoms with van der Waals surface area (Å²) in [5.41, 5.74) is 1.49. The topological polar surface area (TPSA) is 62.4 Å². The lowest BCUT2D eigenvalue weighted by Gasteiger charge is -2.12. The average molecular weight is 267 g/mol. The maximum absolute atomic E-state index is 12.5. The number of nitrogens with zero attached hydrogens (tertiary/aromatic N) is 1. The van der Waals surface area contributed by atoms with E-state index >= 15 is 0 Å². The van der Waals surface area contributed by atoms with E-state index < -0.39 is 11.7 Å². The van der Waals surface area contributed by atoms with Crippen LogP contribution >= 0.6 is 11.6 Å². The number of guanidine groups is 1. The molecule has 0 aliphatic rings. The molecule has 0 aliphatic heterocycles. The molecule has 0 aliphatic carbocycles. The number of rotatable bonds is 1. The van der Waals surface area contributed by atoms with Crippen molar-refractivity contribution < 1.29 is 13.2 Å². The van der Waals surface area contributed by atoms with Gasteiger partial charge >= 0.3 is 6.18 Å². The Kier molecular flexibility index (Phi) is 4.19. The highest BCUT2D eigenvalue weighted by atomic mass is 35.5. The van der Waals surface area contributed by atoms with Crippen LogP contribution in [0.25, 0.3) is 0 Å². The zero-order valence-electron chi connectivity index (χ0n) is 8.77. The lowest BCUT2D eigenvalue weighted by Crippen LogP contribution is -2.36. The first kappa shape index (κ1) is 13.6. The van der Waals surface area contributed by atoms with Crippen LogP contribution in [0.2, 0.25) is 5.02 Å². The van der Waals surface area contributed by atoms with E-state index in [1.165, 1.54) is 13.1 Å². The Morgan fingerprint density at radius 1 is 1.35 bits per heavy atom. The molecule has 1 aromatic rings. The Bertz CT molecular complexity index is 431. The summed E-state index contributed by atoms with van der Waals surface area (Å²) in [6.45, 7) is 0. The van der Waals surface area contributed by atoms with Crippen LogP contribution in [0, 0.1) is 0 Å². The molecule has 4 nitrogen and oxygen atoms in total. The van der Waals surface area contributed by atoms with Crippen molar-refractivity contribution in [3.05, 3.63) is 28.8 Å². The van der Waals surface area contributed by atoms with Gasteiger partial charge in [0, 0.05) is 17.8 Å². The largest absolute Gasteiger partial charge is 0.416 e. The van der Waals surface area contributed by atoms with Crippen LogP contribution in [0.3, 0.4) is 0 Å². The molecule has 0 radical (unpaired) electrons. The number of benzene rings is 1. The number of halogens is 4. The lowest BCUT2D eigenvalue weighted by molar-refractivity contribution is -0.137. The fourth-order valence-electron chi connectivity index (χ4n) is 1.12. The molecular formula is C9H10ClF3N4. The van der Waals surface area contributed by atoms with Crippen molar-refractivity contribution in [3.63, 3.8) is 0 Å². The first-order valence-electron chi connectivity index (χ1n) is 4.45. The predicted molar refractivity (Wildman–Crippen MR) is 60.8 cm³/mol. The highest BCUT2D eigenvalue weighted by molar-refractivity contribution is 6.31. The van der Waals surface area contributed by atoms with Crippen LogP contribution < -0.4 is 16.6 Å². The number of anilines is 1. The number of aliphatic imine (C=N–C) groups is 1. The maximum atomic E-state index is 12.5. The molecule has 0 unspecified atom stereocenters. The summed E-state index contributed by atoms with van der Waals surface area (Å²) in [5, 5.41) is 2.53. The fraction of sp³-hybridized carbons (Fsp3) is 0.222. The molecular weight excluding hydrogens is 257 g/mol. The van der Waals surface area contributed by atoms with Gasteiger partial charge in [0.15, 0.2) is 0 Å². The smallest absolute Gasteiger partial charge is 0.325 e. The summed E-state index contributed by atoms with van der Waals surface area (Å²) < 4.78 is 37.5. The van der Waals surface area contributed by atoms with Crippen LogP contribution in [0.1, 0.15) is 5.56 Å². The molecule has 0 saturated heterocycles. The number of hydrazine groups is 1. The van der Waals surface area contributed by atoms with E-state index in [1.807, 2.05) is 0 Å². The maximum Gasteiger partial charge on any atom is 0.416 e. The van der Waals surface area contributed by atoms with Crippen molar-refractivity contribution in [1.82, 2.24) is 5.43 Å². The van der Waals surface area contributed by atoms with E-state index in [2.05, 4.69) is 15.7 Å². The highest BCUT2D eigenvalue weighted by Gasteiger charge is 2.31. The van der Waals surface area contributed by atoms with Gasteiger partial charge in [-0.25, -0.2) is 5.84 Å². The standard InChI is InChI=1S/C9H10ClF3N4/c1-15-8(17-14)16-7-3-5(9(11,12)13)2-6(10)4-7/h2-4H,14H2,1H3,(H2,15,16,17). The summed E-state index contributed by atoms with van der Waals surface area (Å²) in [5.74, 6) is 5.22. The molecule has 0 aromatic heterocycles. The second kappa shape index (κ2) is 5.24. The van der Waals surface area contributed by atoms with Gasteiger partial charge in [-0.3, -0.25) is 10.4 Å². The molecule has 0 fully saturated rings. The van der Waals surface area contributed by atoms with Gasteiger partial charge < -0.3 is 5.32 Å². The molecule has 17 heavy (non-hydrogen) atoms. The first-order chi connectivity index (χ1) is 7.86. The van der Waals surface area contributed by atoms with Gasteiger partial charge in [-0.15, -0.1) is 0 Å². The molecule has 1 aromatic carbocycles. The van der Waals surface area contributed by atoms with Gasteiger partial charge in [0.1, 0.15) is 0 Å². The van der Waals surface area contributed by atoms with E-state index in [1.54, 1.807) is 0 Å². The average Bonchev–Trinajstić information content (AvgIpc) is 2.24. The van der Waals surface area contributed by atoms with Crippen molar-refractivity contribution in [2.75, 3.05) is 12.4 Å². The third kappa shape index (κ3) is 3.79. The minimum absolute atomic E-state index is 0.0326. The van der Waals surface area contributed by atoms with Crippen LogP contribution in [-0.4, -0.2) is 13.0 Å². The third-order valence-corrected chi connectivity index (χ3v) is 2.07. The number of nitrogens with two attached hydrogens (primary N) is 1. The first-order valence-corrected chi connectivity index (χ1v) is 4.83. The highest BCUT2D eigenvalue weighted by Crippen LogP contribution is 2.33. The van der Waals surface area contributed by atoms with Crippen LogP contribution in [0.4, 0.5) is 18.9 Å². The molecule has 0 saturated carbocycles. The van der Waals surface area contributed by atoms with Gasteiger partial charge in [-0.05, 0) is 18.2 Å². The molecule has 0 heterocycles. The van der Waals surface area contributed by atoms with Crippen LogP contribution in [0.15, 0.2) is 23.2 Å². The van der Waals surface area contributed by atoms with Gasteiger partial charge in [0.05, 0.1) is 5.56 Å². The lowest BCUT2D eigenvalue weighted by atomic mass is 10.2. The quantitative estimate of drug-likeness (QED) is 0.316. The van der Waals surface area contributed by atoms with Gasteiger partial charge in [0.25, 0.3) is 0 Å². The van der Waals surface area contributed by atoms with E-state index in [4.69, 9.17) is 17.4 Å². The molecule has 1 rings (SSSR count). The van der Waals surface area contributed by atoms with Crippen molar-refractivity contribution >= 4 is 23.2 Å². The van der Waals surface area contributed by atoms with E-state index in [9.17, 15) is 13.2 Å². The van der Waals surface area contributed by atoms with Crippen molar-refractivity contribution in [2.45, 2.75) is 6.18 Å². The Labute approximate surface area is 101 Å². The third-order valence-electron chi connectivity index (χ3n) is 1.85. The molecule has 0 atom stereocenters. The molecule has 0 spiro atoms. The summed E-state index contributed by atoms with van der Waals surface area (Å²) >= 11 is 5.59. The summed E-state index contributed by atoms with van der Waals surface area (Å²) in [4.78, 5) is 3.67. The van der Waals surface area contributed by atoms with Crippen molar-refractivity contribution in [3.8, 4) is 0 Å². The monoisotopic (exact) mass is 266 g/mol. The predicted octanol–water partition coefficient (Wildman–Crippen LogP) is 2.22. The minimum atomic E-state index is -4.46. The Morgan fingerprint density at radius 2 is 2.00 bits per heavy atom. The van der Waals surface area contributed by atoms with Gasteiger partial charge in [-0.2, -0.15) is 13.2 Å². The Balaban J connectivity index is 3.06. The second-order valence-electron chi connectivity index (χ2n) is 3.07. The van der Waals surface area contributed by atoms with E-state index in [0.29, 0.717) is 0 Å². The molecule has 8 heteroatoms. The van der Waals surface area contributed by atoms with E-state index in [-0.39, 0.29) is 16.7 Å². The SMILES string of the molecule is CN=C(NN)Nc1cc(Cl)cc(C(F)(F)F)c1. The zero-order chi connectivity index (χ0) is 13.1. The zero-order valence-corrected chi connectivity index (χ0v) is 9.52. The van der Waals surface area contributed by atoms with E-state index in [0.717, 1.165) is 12.1 Å². The van der Waals surface area contributed by atoms with Gasteiger partial charge in [-0.1, -0.05) is 11.6 Å². The van der Waals surface area contributed by atoms with Gasteiger partial charge in [0.2, 0.25) is 5.96 Å². The second-order valence-corrected chi connectivity index (χ2v) is 3.50. The Morgan fingerprint density at radius 3 is 2.47 bits per heavy atom. The number of hydrogen-bond donors (Lipinski definition) is 3. The molecule has 0 bridgehead atoms. The Hall–Kier alpha value is -1.47. The van der Waals surface area contributed by atoms with Crippen LogP contribution in [-0.2, 0) is 6.18 Å². The minimum Gasteiger partial charge on any atom is -0.325 e. The summed E-state index contributed by atoms with van der Waals surface area (Å²) in [6, 6.07) is 3.08. The fourth-order valence-corrected chi connectivity index (χ4v) is 1.35. The number of alkyl halides is 3. The molecule has 94 valence electrons. The summed E-state index contributed by atoms with van der Waals surface area (Å²) in [7, 11) is 1.43. The normalized spacial score (nSPS) is 12.5. The summed E-state index contributed by atoms with van der Waals surface area (Å²) in [6.07, 6.45) is -4.46. The van der Waals surface area contributed by atoms with Crippen molar-refractivity contribution in [1.29, 1.82) is 0 Å². The molecule has 0 amide bonds. The van der Waals surface area contributed by atoms with Crippen LogP contribution in [0.5, 0.6) is 0 Å². The van der Waals surface area contributed by atoms with Crippen molar-refractivity contribution in [2.24, 2.45) is 10.8 Å². The molecule has 4 N–H and O–H groups in total. The number of hydrogen-bond acceptors (Lipinski definition) is 2. The number of nitrogens with one attached hydrogen (secondary N) is 2.